The lowest BCUT2D eigenvalue weighted by Gasteiger charge is -2.30. The fourth-order valence-electron chi connectivity index (χ4n) is 2.15. The van der Waals surface area contributed by atoms with Gasteiger partial charge in [-0.25, -0.2) is 0 Å². The third-order valence-corrected chi connectivity index (χ3v) is 3.16. The largest absolute Gasteiger partial charge is 0.373 e. The molecule has 2 heterocycles. The van der Waals surface area contributed by atoms with Gasteiger partial charge in [0.2, 0.25) is 0 Å². The molecule has 1 aliphatic heterocycles. The Morgan fingerprint density at radius 1 is 1.53 bits per heavy atom. The van der Waals surface area contributed by atoms with Gasteiger partial charge >= 0.3 is 0 Å². The molecule has 1 aromatic rings. The van der Waals surface area contributed by atoms with E-state index in [1.807, 2.05) is 19.3 Å². The standard InChI is InChI=1S/C12H18N2O/c1-9-6-10(8-14-7-9)11(13)12(2)4-3-5-15-12/h6-8,11H,3-5,13H2,1-2H3. The van der Waals surface area contributed by atoms with Crippen LogP contribution in [-0.2, 0) is 4.74 Å². The minimum absolute atomic E-state index is 0.0765. The number of ether oxygens (including phenoxy) is 1. The molecule has 1 fully saturated rings. The van der Waals surface area contributed by atoms with Crippen LogP contribution in [0.25, 0.3) is 0 Å². The van der Waals surface area contributed by atoms with Crippen LogP contribution < -0.4 is 5.73 Å². The number of aryl methyl sites for hydroxylation is 1. The molecule has 0 spiro atoms. The van der Waals surface area contributed by atoms with E-state index >= 15 is 0 Å². The topological polar surface area (TPSA) is 48.1 Å². The number of pyridine rings is 1. The van der Waals surface area contributed by atoms with Gasteiger partial charge in [0.15, 0.2) is 0 Å². The molecule has 0 radical (unpaired) electrons. The lowest BCUT2D eigenvalue weighted by atomic mass is 9.89. The molecule has 0 aromatic carbocycles. The number of rotatable bonds is 2. The summed E-state index contributed by atoms with van der Waals surface area (Å²) in [6, 6.07) is 2.01. The number of aromatic nitrogens is 1. The van der Waals surface area contributed by atoms with Crippen molar-refractivity contribution >= 4 is 0 Å². The van der Waals surface area contributed by atoms with Crippen molar-refractivity contribution in [3.05, 3.63) is 29.6 Å². The number of hydrogen-bond acceptors (Lipinski definition) is 3. The van der Waals surface area contributed by atoms with Gasteiger partial charge in [0.05, 0.1) is 11.6 Å². The Bertz CT molecular complexity index is 345. The van der Waals surface area contributed by atoms with Crippen molar-refractivity contribution in [2.75, 3.05) is 6.61 Å². The predicted octanol–water partition coefficient (Wildman–Crippen LogP) is 1.96. The van der Waals surface area contributed by atoms with E-state index in [9.17, 15) is 0 Å². The highest BCUT2D eigenvalue weighted by Crippen LogP contribution is 2.35. The van der Waals surface area contributed by atoms with Crippen molar-refractivity contribution in [2.45, 2.75) is 38.3 Å². The van der Waals surface area contributed by atoms with Gasteiger partial charge in [-0.1, -0.05) is 6.07 Å². The smallest absolute Gasteiger partial charge is 0.0847 e. The SMILES string of the molecule is Cc1cncc(C(N)C2(C)CCCO2)c1. The molecule has 1 aliphatic rings. The van der Waals surface area contributed by atoms with Crippen LogP contribution in [0.4, 0.5) is 0 Å². The van der Waals surface area contributed by atoms with Crippen molar-refractivity contribution in [2.24, 2.45) is 5.73 Å². The number of hydrogen-bond donors (Lipinski definition) is 1. The molecule has 2 rings (SSSR count). The Morgan fingerprint density at radius 3 is 2.93 bits per heavy atom. The van der Waals surface area contributed by atoms with Gasteiger partial charge in [-0.3, -0.25) is 4.98 Å². The Kier molecular flexibility index (Phi) is 2.76. The first-order chi connectivity index (χ1) is 7.12. The highest BCUT2D eigenvalue weighted by Gasteiger charge is 2.37. The highest BCUT2D eigenvalue weighted by atomic mass is 16.5. The van der Waals surface area contributed by atoms with E-state index in [0.29, 0.717) is 0 Å². The van der Waals surface area contributed by atoms with Crippen LogP contribution in [0.3, 0.4) is 0 Å². The fourth-order valence-corrected chi connectivity index (χ4v) is 2.15. The molecule has 15 heavy (non-hydrogen) atoms. The zero-order valence-electron chi connectivity index (χ0n) is 9.36. The van der Waals surface area contributed by atoms with Crippen molar-refractivity contribution in [3.63, 3.8) is 0 Å². The summed E-state index contributed by atoms with van der Waals surface area (Å²) in [6.07, 6.45) is 5.81. The Balaban J connectivity index is 2.23. The van der Waals surface area contributed by atoms with Crippen LogP contribution in [-0.4, -0.2) is 17.2 Å². The van der Waals surface area contributed by atoms with Gasteiger partial charge in [0.25, 0.3) is 0 Å². The molecule has 2 N–H and O–H groups in total. The van der Waals surface area contributed by atoms with E-state index in [1.165, 1.54) is 0 Å². The summed E-state index contributed by atoms with van der Waals surface area (Å²) in [6.45, 7) is 4.94. The normalized spacial score (nSPS) is 27.9. The summed E-state index contributed by atoms with van der Waals surface area (Å²) in [7, 11) is 0. The molecule has 3 nitrogen and oxygen atoms in total. The van der Waals surface area contributed by atoms with Crippen molar-refractivity contribution < 1.29 is 4.74 Å². The van der Waals surface area contributed by atoms with Crippen LogP contribution in [0, 0.1) is 6.92 Å². The average Bonchev–Trinajstić information content (AvgIpc) is 2.65. The first-order valence-corrected chi connectivity index (χ1v) is 5.43. The molecule has 0 saturated carbocycles. The number of nitrogens with two attached hydrogens (primary N) is 1. The van der Waals surface area contributed by atoms with E-state index in [2.05, 4.69) is 18.0 Å². The van der Waals surface area contributed by atoms with Crippen molar-refractivity contribution in [3.8, 4) is 0 Å². The molecule has 0 aliphatic carbocycles. The lowest BCUT2D eigenvalue weighted by Crippen LogP contribution is -2.37. The van der Waals surface area contributed by atoms with Crippen molar-refractivity contribution in [1.82, 2.24) is 4.98 Å². The molecule has 1 aromatic heterocycles. The Labute approximate surface area is 90.7 Å². The summed E-state index contributed by atoms with van der Waals surface area (Å²) in [4.78, 5) is 4.17. The summed E-state index contributed by atoms with van der Waals surface area (Å²) >= 11 is 0. The second-order valence-electron chi connectivity index (χ2n) is 4.54. The van der Waals surface area contributed by atoms with Crippen LogP contribution >= 0.6 is 0 Å². The first kappa shape index (κ1) is 10.6. The molecule has 3 heteroatoms. The monoisotopic (exact) mass is 206 g/mol. The minimum Gasteiger partial charge on any atom is -0.373 e. The fraction of sp³-hybridized carbons (Fsp3) is 0.583. The maximum Gasteiger partial charge on any atom is 0.0847 e. The highest BCUT2D eigenvalue weighted by molar-refractivity contribution is 5.22. The van der Waals surface area contributed by atoms with Crippen LogP contribution in [0.5, 0.6) is 0 Å². The first-order valence-electron chi connectivity index (χ1n) is 5.43. The molecule has 0 amide bonds. The number of nitrogens with zero attached hydrogens (tertiary/aromatic N) is 1. The van der Waals surface area contributed by atoms with E-state index in [4.69, 9.17) is 10.5 Å². The zero-order chi connectivity index (χ0) is 10.9. The summed E-state index contributed by atoms with van der Waals surface area (Å²) in [5.74, 6) is 0. The zero-order valence-corrected chi connectivity index (χ0v) is 9.36. The van der Waals surface area contributed by atoms with Crippen molar-refractivity contribution in [1.29, 1.82) is 0 Å². The van der Waals surface area contributed by atoms with Gasteiger partial charge in [-0.05, 0) is 37.8 Å². The van der Waals surface area contributed by atoms with E-state index in [1.54, 1.807) is 0 Å². The Morgan fingerprint density at radius 2 is 2.33 bits per heavy atom. The summed E-state index contributed by atoms with van der Waals surface area (Å²) in [5, 5.41) is 0. The van der Waals surface area contributed by atoms with E-state index in [0.717, 1.165) is 30.6 Å². The molecule has 82 valence electrons. The van der Waals surface area contributed by atoms with Gasteiger partial charge in [-0.15, -0.1) is 0 Å². The van der Waals surface area contributed by atoms with Gasteiger partial charge < -0.3 is 10.5 Å². The Hall–Kier alpha value is -0.930. The quantitative estimate of drug-likeness (QED) is 0.804. The third-order valence-electron chi connectivity index (χ3n) is 3.16. The molecule has 2 unspecified atom stereocenters. The molecule has 2 atom stereocenters. The lowest BCUT2D eigenvalue weighted by molar-refractivity contribution is -0.00182. The maximum absolute atomic E-state index is 6.24. The summed E-state index contributed by atoms with van der Waals surface area (Å²) < 4.78 is 5.74. The minimum atomic E-state index is -0.213. The third kappa shape index (κ3) is 2.03. The van der Waals surface area contributed by atoms with Gasteiger partial charge in [0.1, 0.15) is 0 Å². The summed E-state index contributed by atoms with van der Waals surface area (Å²) in [5.41, 5.74) is 8.24. The van der Waals surface area contributed by atoms with E-state index in [-0.39, 0.29) is 11.6 Å². The van der Waals surface area contributed by atoms with Gasteiger partial charge in [0, 0.05) is 19.0 Å². The molecular weight excluding hydrogens is 188 g/mol. The van der Waals surface area contributed by atoms with Gasteiger partial charge in [-0.2, -0.15) is 0 Å². The second-order valence-corrected chi connectivity index (χ2v) is 4.54. The maximum atomic E-state index is 6.24. The average molecular weight is 206 g/mol. The van der Waals surface area contributed by atoms with Crippen LogP contribution in [0.2, 0.25) is 0 Å². The predicted molar refractivity (Wildman–Crippen MR) is 59.5 cm³/mol. The molecular formula is C12H18N2O. The molecule has 1 saturated heterocycles. The van der Waals surface area contributed by atoms with Crippen LogP contribution in [0.1, 0.15) is 36.9 Å². The molecule has 0 bridgehead atoms. The second kappa shape index (κ2) is 3.91. The van der Waals surface area contributed by atoms with Crippen LogP contribution in [0.15, 0.2) is 18.5 Å². The van der Waals surface area contributed by atoms with E-state index < -0.39 is 0 Å².